The van der Waals surface area contributed by atoms with Gasteiger partial charge < -0.3 is 24.8 Å². The van der Waals surface area contributed by atoms with E-state index >= 15 is 0 Å². The zero-order valence-electron chi connectivity index (χ0n) is 17.7. The molecule has 0 saturated carbocycles. The molecule has 0 aliphatic heterocycles. The molecular formula is C22H31FIN3O3. The molecule has 0 atom stereocenters. The van der Waals surface area contributed by atoms with Crippen molar-refractivity contribution in [1.29, 1.82) is 0 Å². The number of nitrogens with zero attached hydrogens (tertiary/aromatic N) is 1. The van der Waals surface area contributed by atoms with Crippen LogP contribution in [0.4, 0.5) is 10.1 Å². The molecule has 0 amide bonds. The summed E-state index contributed by atoms with van der Waals surface area (Å²) in [6, 6.07) is 12.7. The normalized spacial score (nSPS) is 11.0. The lowest BCUT2D eigenvalue weighted by Crippen LogP contribution is -2.30. The fourth-order valence-corrected chi connectivity index (χ4v) is 2.66. The summed E-state index contributed by atoms with van der Waals surface area (Å²) in [6.45, 7) is 4.64. The van der Waals surface area contributed by atoms with E-state index in [1.807, 2.05) is 31.2 Å². The van der Waals surface area contributed by atoms with Gasteiger partial charge >= 0.3 is 0 Å². The Morgan fingerprint density at radius 3 is 2.63 bits per heavy atom. The highest BCUT2D eigenvalue weighted by Gasteiger charge is 2.05. The van der Waals surface area contributed by atoms with Gasteiger partial charge in [-0.2, -0.15) is 0 Å². The first-order chi connectivity index (χ1) is 14.2. The molecule has 8 heteroatoms. The summed E-state index contributed by atoms with van der Waals surface area (Å²) in [5.41, 5.74) is 2.30. The Balaban J connectivity index is 0.00000450. The second kappa shape index (κ2) is 15.0. The quantitative estimate of drug-likeness (QED) is 0.192. The molecule has 166 valence electrons. The van der Waals surface area contributed by atoms with Crippen molar-refractivity contribution < 1.29 is 18.6 Å². The van der Waals surface area contributed by atoms with E-state index in [0.717, 1.165) is 30.0 Å². The third-order valence-corrected chi connectivity index (χ3v) is 4.03. The highest BCUT2D eigenvalue weighted by Crippen LogP contribution is 2.18. The molecule has 30 heavy (non-hydrogen) atoms. The van der Waals surface area contributed by atoms with Gasteiger partial charge in [-0.3, -0.25) is 0 Å². The van der Waals surface area contributed by atoms with E-state index in [1.54, 1.807) is 26.4 Å². The summed E-state index contributed by atoms with van der Waals surface area (Å²) in [5, 5.41) is 6.49. The minimum atomic E-state index is -0.271. The van der Waals surface area contributed by atoms with Gasteiger partial charge in [0.25, 0.3) is 0 Å². The van der Waals surface area contributed by atoms with E-state index in [2.05, 4.69) is 15.6 Å². The zero-order chi connectivity index (χ0) is 20.9. The van der Waals surface area contributed by atoms with Gasteiger partial charge in [0.05, 0.1) is 19.8 Å². The van der Waals surface area contributed by atoms with Gasteiger partial charge in [0, 0.05) is 51.1 Å². The molecule has 2 aromatic rings. The first kappa shape index (κ1) is 26.1. The topological polar surface area (TPSA) is 64.1 Å². The smallest absolute Gasteiger partial charge is 0.196 e. The van der Waals surface area contributed by atoms with E-state index in [9.17, 15) is 4.39 Å². The number of nitrogens with one attached hydrogen (secondary N) is 2. The number of methoxy groups -OCH3 is 2. The summed E-state index contributed by atoms with van der Waals surface area (Å²) in [6.07, 6.45) is 0.834. The molecule has 0 spiro atoms. The molecule has 0 bridgehead atoms. The van der Waals surface area contributed by atoms with Gasteiger partial charge in [-0.25, -0.2) is 9.38 Å². The molecule has 0 aliphatic carbocycles. The van der Waals surface area contributed by atoms with Crippen LogP contribution in [0.15, 0.2) is 47.5 Å². The number of guanidine groups is 1. The Labute approximate surface area is 195 Å². The van der Waals surface area contributed by atoms with Crippen LogP contribution in [-0.4, -0.2) is 39.9 Å². The second-order valence-corrected chi connectivity index (χ2v) is 6.40. The number of aliphatic imine (C=N–C) groups is 1. The maximum atomic E-state index is 13.8. The number of anilines is 1. The zero-order valence-corrected chi connectivity index (χ0v) is 20.1. The maximum Gasteiger partial charge on any atom is 0.196 e. The first-order valence-corrected chi connectivity index (χ1v) is 9.69. The van der Waals surface area contributed by atoms with E-state index in [4.69, 9.17) is 14.2 Å². The molecule has 0 unspecified atom stereocenters. The lowest BCUT2D eigenvalue weighted by molar-refractivity contribution is 0.172. The third kappa shape index (κ3) is 9.27. The Hall–Kier alpha value is -1.91. The van der Waals surface area contributed by atoms with Crippen molar-refractivity contribution in [3.63, 3.8) is 0 Å². The summed E-state index contributed by atoms with van der Waals surface area (Å²) < 4.78 is 29.6. The van der Waals surface area contributed by atoms with Gasteiger partial charge in [-0.05, 0) is 36.8 Å². The van der Waals surface area contributed by atoms with Crippen molar-refractivity contribution in [3.8, 4) is 5.75 Å². The van der Waals surface area contributed by atoms with Gasteiger partial charge in [-0.1, -0.05) is 12.1 Å². The summed E-state index contributed by atoms with van der Waals surface area (Å²) in [7, 11) is 3.23. The number of rotatable bonds is 11. The molecule has 2 rings (SSSR count). The molecule has 0 saturated heterocycles. The monoisotopic (exact) mass is 531 g/mol. The number of hydrogen-bond acceptors (Lipinski definition) is 4. The Kier molecular flexibility index (Phi) is 13.0. The number of halogens is 2. The number of ether oxygens (including phenoxy) is 3. The maximum absolute atomic E-state index is 13.8. The molecular weight excluding hydrogens is 500 g/mol. The van der Waals surface area contributed by atoms with Crippen molar-refractivity contribution in [1.82, 2.24) is 5.32 Å². The van der Waals surface area contributed by atoms with Crippen molar-refractivity contribution in [2.45, 2.75) is 26.5 Å². The van der Waals surface area contributed by atoms with E-state index in [0.29, 0.717) is 31.3 Å². The van der Waals surface area contributed by atoms with Crippen LogP contribution < -0.4 is 15.4 Å². The van der Waals surface area contributed by atoms with E-state index < -0.39 is 0 Å². The molecule has 2 N–H and O–H groups in total. The molecule has 0 fully saturated rings. The average molecular weight is 531 g/mol. The van der Waals surface area contributed by atoms with Crippen molar-refractivity contribution in [3.05, 3.63) is 59.4 Å². The molecule has 0 aromatic heterocycles. The van der Waals surface area contributed by atoms with E-state index in [1.165, 1.54) is 6.07 Å². The van der Waals surface area contributed by atoms with Crippen LogP contribution in [0.1, 0.15) is 24.5 Å². The Morgan fingerprint density at radius 1 is 1.07 bits per heavy atom. The standard InChI is InChI=1S/C22H30FN3O3.HI/c1-4-24-22(25-15-17-9-10-21(23)18(13-17)16-28-3)26-19-7-5-8-20(14-19)29-12-6-11-27-2;/h5,7-10,13-14H,4,6,11-12,15-16H2,1-3H3,(H2,24,25,26);1H. The molecule has 0 aliphatic rings. The molecule has 2 aromatic carbocycles. The van der Waals surface area contributed by atoms with Crippen molar-refractivity contribution in [2.24, 2.45) is 4.99 Å². The summed E-state index contributed by atoms with van der Waals surface area (Å²) >= 11 is 0. The molecule has 6 nitrogen and oxygen atoms in total. The van der Waals surface area contributed by atoms with E-state index in [-0.39, 0.29) is 36.4 Å². The summed E-state index contributed by atoms with van der Waals surface area (Å²) in [4.78, 5) is 4.60. The fourth-order valence-electron chi connectivity index (χ4n) is 2.66. The first-order valence-electron chi connectivity index (χ1n) is 9.69. The largest absolute Gasteiger partial charge is 0.493 e. The predicted octanol–water partition coefficient (Wildman–Crippen LogP) is 4.58. The highest BCUT2D eigenvalue weighted by atomic mass is 127. The minimum Gasteiger partial charge on any atom is -0.493 e. The summed E-state index contributed by atoms with van der Waals surface area (Å²) in [5.74, 6) is 1.15. The lowest BCUT2D eigenvalue weighted by Gasteiger charge is -2.13. The third-order valence-electron chi connectivity index (χ3n) is 4.03. The van der Waals surface area contributed by atoms with Crippen LogP contribution in [0.3, 0.4) is 0 Å². The second-order valence-electron chi connectivity index (χ2n) is 6.40. The Morgan fingerprint density at radius 2 is 1.90 bits per heavy atom. The molecule has 0 radical (unpaired) electrons. The van der Waals surface area contributed by atoms with Crippen LogP contribution in [0.25, 0.3) is 0 Å². The lowest BCUT2D eigenvalue weighted by atomic mass is 10.1. The highest BCUT2D eigenvalue weighted by molar-refractivity contribution is 14.0. The SMILES string of the molecule is CCNC(=NCc1ccc(F)c(COC)c1)Nc1cccc(OCCCOC)c1.I. The van der Waals surface area contributed by atoms with Crippen molar-refractivity contribution in [2.75, 3.05) is 39.3 Å². The van der Waals surface area contributed by atoms with Gasteiger partial charge in [0.1, 0.15) is 11.6 Å². The molecule has 0 heterocycles. The predicted molar refractivity (Wildman–Crippen MR) is 129 cm³/mol. The van der Waals surface area contributed by atoms with Gasteiger partial charge in [0.15, 0.2) is 5.96 Å². The van der Waals surface area contributed by atoms with Crippen LogP contribution >= 0.6 is 24.0 Å². The van der Waals surface area contributed by atoms with Gasteiger partial charge in [-0.15, -0.1) is 24.0 Å². The Bertz CT molecular complexity index is 790. The van der Waals surface area contributed by atoms with Crippen LogP contribution in [0, 0.1) is 5.82 Å². The van der Waals surface area contributed by atoms with Crippen LogP contribution in [0.2, 0.25) is 0 Å². The van der Waals surface area contributed by atoms with Crippen molar-refractivity contribution >= 4 is 35.6 Å². The fraction of sp³-hybridized carbons (Fsp3) is 0.409. The average Bonchev–Trinajstić information content (AvgIpc) is 2.72. The number of benzene rings is 2. The van der Waals surface area contributed by atoms with Gasteiger partial charge in [0.2, 0.25) is 0 Å². The number of hydrogen-bond donors (Lipinski definition) is 2. The van der Waals surface area contributed by atoms with Crippen LogP contribution in [0.5, 0.6) is 5.75 Å². The van der Waals surface area contributed by atoms with Crippen LogP contribution in [-0.2, 0) is 22.6 Å². The minimum absolute atomic E-state index is 0.